The number of nitrogens with zero attached hydrogens (tertiary/aromatic N) is 3. The minimum Gasteiger partial charge on any atom is -0.330 e. The van der Waals surface area contributed by atoms with Gasteiger partial charge in [0.05, 0.1) is 11.6 Å². The quantitative estimate of drug-likeness (QED) is 0.680. The van der Waals surface area contributed by atoms with Crippen LogP contribution in [0.1, 0.15) is 16.7 Å². The summed E-state index contributed by atoms with van der Waals surface area (Å²) in [5, 5.41) is 21.5. The van der Waals surface area contributed by atoms with Crippen LogP contribution in [-0.2, 0) is 5.75 Å². The van der Waals surface area contributed by atoms with Crippen molar-refractivity contribution in [2.75, 3.05) is 5.32 Å². The van der Waals surface area contributed by atoms with Gasteiger partial charge in [-0.2, -0.15) is 5.26 Å². The van der Waals surface area contributed by atoms with Crippen LogP contribution in [0.25, 0.3) is 0 Å². The summed E-state index contributed by atoms with van der Waals surface area (Å²) in [7, 11) is 0. The van der Waals surface area contributed by atoms with Crippen LogP contribution in [0.5, 0.6) is 0 Å². The minimum atomic E-state index is 0.711. The Bertz CT molecular complexity index is 852. The van der Waals surface area contributed by atoms with Gasteiger partial charge in [-0.05, 0) is 36.2 Å². The SMILES string of the molecule is Cc1cccc(Nc2nnc(SCc3ccccc3C#N)s2)c1. The van der Waals surface area contributed by atoms with Gasteiger partial charge in [0.1, 0.15) is 0 Å². The summed E-state index contributed by atoms with van der Waals surface area (Å²) in [6, 6.07) is 18.0. The van der Waals surface area contributed by atoms with E-state index in [-0.39, 0.29) is 0 Å². The molecule has 0 atom stereocenters. The third kappa shape index (κ3) is 4.09. The molecule has 1 N–H and O–H groups in total. The summed E-state index contributed by atoms with van der Waals surface area (Å²) in [4.78, 5) is 0. The zero-order valence-corrected chi connectivity index (χ0v) is 14.1. The van der Waals surface area contributed by atoms with E-state index in [4.69, 9.17) is 5.26 Å². The van der Waals surface area contributed by atoms with Gasteiger partial charge in [-0.15, -0.1) is 10.2 Å². The average Bonchev–Trinajstić information content (AvgIpc) is 3.00. The molecule has 0 aliphatic rings. The number of nitrogens with one attached hydrogen (secondary N) is 1. The van der Waals surface area contributed by atoms with E-state index in [9.17, 15) is 0 Å². The van der Waals surface area contributed by atoms with Crippen LogP contribution in [0.2, 0.25) is 0 Å². The smallest absolute Gasteiger partial charge is 0.210 e. The largest absolute Gasteiger partial charge is 0.330 e. The Hall–Kier alpha value is -2.36. The standard InChI is InChI=1S/C17H14N4S2/c1-12-5-4-8-15(9-12)19-16-20-21-17(23-16)22-11-14-7-3-2-6-13(14)10-18/h2-9H,11H2,1H3,(H,19,20). The maximum atomic E-state index is 9.11. The number of aryl methyl sites for hydroxylation is 1. The lowest BCUT2D eigenvalue weighted by Crippen LogP contribution is -1.89. The van der Waals surface area contributed by atoms with Crippen LogP contribution in [-0.4, -0.2) is 10.2 Å². The Balaban J connectivity index is 1.65. The average molecular weight is 338 g/mol. The van der Waals surface area contributed by atoms with Crippen LogP contribution >= 0.6 is 23.1 Å². The van der Waals surface area contributed by atoms with E-state index < -0.39 is 0 Å². The molecule has 114 valence electrons. The molecule has 0 aliphatic heterocycles. The molecule has 2 aromatic carbocycles. The second-order valence-electron chi connectivity index (χ2n) is 4.93. The van der Waals surface area contributed by atoms with Crippen molar-refractivity contribution in [3.05, 3.63) is 65.2 Å². The number of anilines is 2. The fraction of sp³-hybridized carbons (Fsp3) is 0.118. The summed E-state index contributed by atoms with van der Waals surface area (Å²) in [5.74, 6) is 0.711. The lowest BCUT2D eigenvalue weighted by atomic mass is 10.1. The Morgan fingerprint density at radius 3 is 2.87 bits per heavy atom. The van der Waals surface area contributed by atoms with Gasteiger partial charge in [0, 0.05) is 11.4 Å². The molecular formula is C17H14N4S2. The van der Waals surface area contributed by atoms with Gasteiger partial charge in [-0.25, -0.2) is 0 Å². The summed E-state index contributed by atoms with van der Waals surface area (Å²) in [5.41, 5.74) is 3.93. The fourth-order valence-corrected chi connectivity index (χ4v) is 3.84. The molecule has 1 aromatic heterocycles. The van der Waals surface area contributed by atoms with Crippen LogP contribution in [0, 0.1) is 18.3 Å². The van der Waals surface area contributed by atoms with E-state index in [1.54, 1.807) is 11.8 Å². The van der Waals surface area contributed by atoms with Crippen molar-refractivity contribution in [2.24, 2.45) is 0 Å². The third-order valence-electron chi connectivity index (χ3n) is 3.16. The maximum Gasteiger partial charge on any atom is 0.210 e. The first-order valence-electron chi connectivity index (χ1n) is 7.02. The van der Waals surface area contributed by atoms with E-state index >= 15 is 0 Å². The van der Waals surface area contributed by atoms with Gasteiger partial charge in [0.25, 0.3) is 0 Å². The van der Waals surface area contributed by atoms with Crippen molar-refractivity contribution in [3.8, 4) is 6.07 Å². The van der Waals surface area contributed by atoms with Crippen LogP contribution < -0.4 is 5.32 Å². The highest BCUT2D eigenvalue weighted by atomic mass is 32.2. The van der Waals surface area contributed by atoms with Crippen molar-refractivity contribution in [3.63, 3.8) is 0 Å². The van der Waals surface area contributed by atoms with E-state index in [0.717, 1.165) is 20.7 Å². The Labute approximate surface area is 143 Å². The number of thioether (sulfide) groups is 1. The lowest BCUT2D eigenvalue weighted by Gasteiger charge is -2.02. The summed E-state index contributed by atoms with van der Waals surface area (Å²) >= 11 is 3.10. The van der Waals surface area contributed by atoms with Crippen molar-refractivity contribution < 1.29 is 0 Å². The Morgan fingerprint density at radius 2 is 2.04 bits per heavy atom. The minimum absolute atomic E-state index is 0.711. The fourth-order valence-electron chi connectivity index (χ4n) is 2.06. The third-order valence-corrected chi connectivity index (χ3v) is 5.19. The van der Waals surface area contributed by atoms with Gasteiger partial charge >= 0.3 is 0 Å². The first-order valence-corrected chi connectivity index (χ1v) is 8.83. The van der Waals surface area contributed by atoms with E-state index in [0.29, 0.717) is 11.3 Å². The molecule has 4 nitrogen and oxygen atoms in total. The highest BCUT2D eigenvalue weighted by Crippen LogP contribution is 2.30. The van der Waals surface area contributed by atoms with E-state index in [2.05, 4.69) is 40.6 Å². The number of hydrogen-bond acceptors (Lipinski definition) is 6. The number of aromatic nitrogens is 2. The second-order valence-corrected chi connectivity index (χ2v) is 7.13. The Morgan fingerprint density at radius 1 is 1.17 bits per heavy atom. The van der Waals surface area contributed by atoms with E-state index in [1.165, 1.54) is 16.9 Å². The van der Waals surface area contributed by atoms with Crippen LogP contribution in [0.4, 0.5) is 10.8 Å². The van der Waals surface area contributed by atoms with Crippen LogP contribution in [0.15, 0.2) is 52.9 Å². The molecule has 3 aromatic rings. The predicted octanol–water partition coefficient (Wildman–Crippen LogP) is 4.75. The molecular weight excluding hydrogens is 324 g/mol. The number of rotatable bonds is 5. The van der Waals surface area contributed by atoms with Crippen molar-refractivity contribution in [2.45, 2.75) is 17.0 Å². The first-order chi connectivity index (χ1) is 11.2. The van der Waals surface area contributed by atoms with Crippen molar-refractivity contribution >= 4 is 33.9 Å². The molecule has 0 aliphatic carbocycles. The topological polar surface area (TPSA) is 61.6 Å². The van der Waals surface area contributed by atoms with Gasteiger partial charge in [0.2, 0.25) is 5.13 Å². The van der Waals surface area contributed by atoms with Crippen molar-refractivity contribution in [1.82, 2.24) is 10.2 Å². The number of benzene rings is 2. The molecule has 0 spiro atoms. The normalized spacial score (nSPS) is 10.3. The Kier molecular flexibility index (Phi) is 4.91. The monoisotopic (exact) mass is 338 g/mol. The zero-order valence-electron chi connectivity index (χ0n) is 12.5. The maximum absolute atomic E-state index is 9.11. The molecule has 0 amide bonds. The molecule has 1 heterocycles. The van der Waals surface area contributed by atoms with Gasteiger partial charge in [0.15, 0.2) is 4.34 Å². The molecule has 0 bridgehead atoms. The van der Waals surface area contributed by atoms with Crippen LogP contribution in [0.3, 0.4) is 0 Å². The lowest BCUT2D eigenvalue weighted by molar-refractivity contribution is 1.01. The number of hydrogen-bond donors (Lipinski definition) is 1. The highest BCUT2D eigenvalue weighted by molar-refractivity contribution is 8.00. The van der Waals surface area contributed by atoms with E-state index in [1.807, 2.05) is 36.4 Å². The highest BCUT2D eigenvalue weighted by Gasteiger charge is 2.07. The van der Waals surface area contributed by atoms with Gasteiger partial charge < -0.3 is 5.32 Å². The van der Waals surface area contributed by atoms with Gasteiger partial charge in [-0.1, -0.05) is 53.4 Å². The van der Waals surface area contributed by atoms with Crippen molar-refractivity contribution in [1.29, 1.82) is 5.26 Å². The summed E-state index contributed by atoms with van der Waals surface area (Å²) < 4.78 is 0.882. The summed E-state index contributed by atoms with van der Waals surface area (Å²) in [6.07, 6.45) is 0. The molecule has 0 fully saturated rings. The molecule has 0 radical (unpaired) electrons. The molecule has 0 saturated carbocycles. The molecule has 23 heavy (non-hydrogen) atoms. The first kappa shape index (κ1) is 15.5. The second kappa shape index (κ2) is 7.27. The van der Waals surface area contributed by atoms with Gasteiger partial charge in [-0.3, -0.25) is 0 Å². The molecule has 3 rings (SSSR count). The predicted molar refractivity (Wildman–Crippen MR) is 95.1 cm³/mol. The number of nitriles is 1. The molecule has 0 unspecified atom stereocenters. The molecule has 6 heteroatoms. The molecule has 0 saturated heterocycles. The zero-order chi connectivity index (χ0) is 16.1. The summed E-state index contributed by atoms with van der Waals surface area (Å²) in [6.45, 7) is 2.05.